The number of hydrogen-bond acceptors (Lipinski definition) is 3. The SMILES string of the molecule is CCN(c1cccs1)[C@H](C(=O)O)c1ccccc1Cl. The number of thiophene rings is 1. The Kier molecular flexibility index (Phi) is 4.45. The molecule has 0 amide bonds. The van der Waals surface area contributed by atoms with Crippen LogP contribution in [0, 0.1) is 0 Å². The fraction of sp³-hybridized carbons (Fsp3) is 0.214. The molecule has 19 heavy (non-hydrogen) atoms. The van der Waals surface area contributed by atoms with Crippen molar-refractivity contribution in [2.24, 2.45) is 0 Å². The molecule has 2 rings (SSSR count). The first-order valence-corrected chi connectivity index (χ1v) is 7.18. The van der Waals surface area contributed by atoms with Crippen LogP contribution in [-0.4, -0.2) is 17.6 Å². The standard InChI is InChI=1S/C14H14ClNO2S/c1-2-16(12-8-5-9-19-12)13(14(17)18)10-6-3-4-7-11(10)15/h3-9,13H,2H2,1H3,(H,17,18)/t13-/m0/s1. The van der Waals surface area contributed by atoms with E-state index in [1.807, 2.05) is 29.3 Å². The van der Waals surface area contributed by atoms with E-state index in [4.69, 9.17) is 11.6 Å². The Morgan fingerprint density at radius 1 is 1.37 bits per heavy atom. The van der Waals surface area contributed by atoms with E-state index >= 15 is 0 Å². The lowest BCUT2D eigenvalue weighted by Crippen LogP contribution is -2.33. The number of carboxylic acids is 1. The van der Waals surface area contributed by atoms with E-state index in [9.17, 15) is 9.90 Å². The maximum atomic E-state index is 11.7. The summed E-state index contributed by atoms with van der Waals surface area (Å²) >= 11 is 7.66. The lowest BCUT2D eigenvalue weighted by Gasteiger charge is -2.29. The first-order chi connectivity index (χ1) is 9.15. The van der Waals surface area contributed by atoms with Crippen molar-refractivity contribution in [3.63, 3.8) is 0 Å². The summed E-state index contributed by atoms with van der Waals surface area (Å²) < 4.78 is 0. The molecule has 0 saturated heterocycles. The average Bonchev–Trinajstić information content (AvgIpc) is 2.90. The Balaban J connectivity index is 2.46. The van der Waals surface area contributed by atoms with Gasteiger partial charge in [0.05, 0.1) is 5.00 Å². The van der Waals surface area contributed by atoms with Crippen LogP contribution in [0.5, 0.6) is 0 Å². The van der Waals surface area contributed by atoms with Gasteiger partial charge in [0, 0.05) is 17.1 Å². The second kappa shape index (κ2) is 6.08. The number of halogens is 1. The van der Waals surface area contributed by atoms with Gasteiger partial charge in [0.2, 0.25) is 0 Å². The van der Waals surface area contributed by atoms with Crippen molar-refractivity contribution in [1.29, 1.82) is 0 Å². The molecule has 1 N–H and O–H groups in total. The van der Waals surface area contributed by atoms with Crippen molar-refractivity contribution in [2.75, 3.05) is 11.4 Å². The molecular formula is C14H14ClNO2S. The highest BCUT2D eigenvalue weighted by molar-refractivity contribution is 7.14. The summed E-state index contributed by atoms with van der Waals surface area (Å²) in [7, 11) is 0. The molecule has 0 spiro atoms. The van der Waals surface area contributed by atoms with Gasteiger partial charge in [0.1, 0.15) is 0 Å². The molecule has 5 heteroatoms. The summed E-state index contributed by atoms with van der Waals surface area (Å²) in [5, 5.41) is 12.9. The van der Waals surface area contributed by atoms with Gasteiger partial charge < -0.3 is 10.0 Å². The van der Waals surface area contributed by atoms with Crippen LogP contribution in [0.3, 0.4) is 0 Å². The topological polar surface area (TPSA) is 40.5 Å². The van der Waals surface area contributed by atoms with Gasteiger partial charge in [-0.2, -0.15) is 0 Å². The van der Waals surface area contributed by atoms with Crippen LogP contribution in [0.25, 0.3) is 0 Å². The zero-order valence-electron chi connectivity index (χ0n) is 10.4. The molecule has 3 nitrogen and oxygen atoms in total. The quantitative estimate of drug-likeness (QED) is 0.904. The maximum absolute atomic E-state index is 11.7. The van der Waals surface area contributed by atoms with E-state index in [-0.39, 0.29) is 0 Å². The first-order valence-electron chi connectivity index (χ1n) is 5.92. The molecule has 0 saturated carbocycles. The van der Waals surface area contributed by atoms with Crippen molar-refractivity contribution >= 4 is 33.9 Å². The fourth-order valence-corrected chi connectivity index (χ4v) is 3.09. The molecular weight excluding hydrogens is 282 g/mol. The number of carboxylic acid groups (broad SMARTS) is 1. The minimum Gasteiger partial charge on any atom is -0.479 e. The van der Waals surface area contributed by atoms with Crippen molar-refractivity contribution in [3.05, 3.63) is 52.4 Å². The smallest absolute Gasteiger partial charge is 0.331 e. The number of likely N-dealkylation sites (N-methyl/N-ethyl adjacent to an activating group) is 1. The summed E-state index contributed by atoms with van der Waals surface area (Å²) in [6.07, 6.45) is 0. The number of carbonyl (C=O) groups is 1. The Morgan fingerprint density at radius 2 is 2.11 bits per heavy atom. The van der Waals surface area contributed by atoms with Crippen LogP contribution >= 0.6 is 22.9 Å². The van der Waals surface area contributed by atoms with Crippen LogP contribution in [0.15, 0.2) is 41.8 Å². The van der Waals surface area contributed by atoms with Gasteiger partial charge in [-0.3, -0.25) is 0 Å². The number of nitrogens with zero attached hydrogens (tertiary/aromatic N) is 1. The summed E-state index contributed by atoms with van der Waals surface area (Å²) in [6.45, 7) is 2.54. The van der Waals surface area contributed by atoms with Gasteiger partial charge >= 0.3 is 5.97 Å². The van der Waals surface area contributed by atoms with E-state index in [2.05, 4.69) is 0 Å². The first kappa shape index (κ1) is 13.9. The summed E-state index contributed by atoms with van der Waals surface area (Å²) in [4.78, 5) is 13.5. The molecule has 0 aliphatic carbocycles. The highest BCUT2D eigenvalue weighted by atomic mass is 35.5. The number of benzene rings is 1. The largest absolute Gasteiger partial charge is 0.479 e. The normalized spacial score (nSPS) is 12.1. The Morgan fingerprint density at radius 3 is 2.63 bits per heavy atom. The average molecular weight is 296 g/mol. The Labute approximate surface area is 121 Å². The van der Waals surface area contributed by atoms with E-state index in [0.29, 0.717) is 17.1 Å². The van der Waals surface area contributed by atoms with Gasteiger partial charge in [0.15, 0.2) is 6.04 Å². The molecule has 1 heterocycles. The van der Waals surface area contributed by atoms with Gasteiger partial charge in [-0.25, -0.2) is 4.79 Å². The number of hydrogen-bond donors (Lipinski definition) is 1. The van der Waals surface area contributed by atoms with E-state index < -0.39 is 12.0 Å². The van der Waals surface area contributed by atoms with E-state index in [0.717, 1.165) is 5.00 Å². The van der Waals surface area contributed by atoms with E-state index in [1.54, 1.807) is 24.3 Å². The molecule has 0 unspecified atom stereocenters. The highest BCUT2D eigenvalue weighted by Gasteiger charge is 2.28. The molecule has 0 aliphatic heterocycles. The minimum absolute atomic E-state index is 0.477. The maximum Gasteiger partial charge on any atom is 0.331 e. The molecule has 0 bridgehead atoms. The van der Waals surface area contributed by atoms with Gasteiger partial charge in [-0.15, -0.1) is 11.3 Å². The van der Waals surface area contributed by atoms with Gasteiger partial charge in [-0.05, 0) is 30.5 Å². The van der Waals surface area contributed by atoms with Gasteiger partial charge in [0.25, 0.3) is 0 Å². The third-order valence-corrected chi connectivity index (χ3v) is 4.12. The zero-order chi connectivity index (χ0) is 13.8. The molecule has 1 aromatic heterocycles. The summed E-state index contributed by atoms with van der Waals surface area (Å²) in [5.41, 5.74) is 0.618. The number of rotatable bonds is 5. The molecule has 0 radical (unpaired) electrons. The molecule has 0 fully saturated rings. The predicted molar refractivity (Wildman–Crippen MR) is 79.2 cm³/mol. The fourth-order valence-electron chi connectivity index (χ4n) is 2.03. The monoisotopic (exact) mass is 295 g/mol. The molecule has 2 aromatic rings. The number of anilines is 1. The number of aliphatic carboxylic acids is 1. The Hall–Kier alpha value is -1.52. The van der Waals surface area contributed by atoms with Crippen LogP contribution in [0.2, 0.25) is 5.02 Å². The molecule has 0 aliphatic rings. The molecule has 1 aromatic carbocycles. The summed E-state index contributed by atoms with van der Waals surface area (Å²) in [5.74, 6) is -0.900. The van der Waals surface area contributed by atoms with Crippen molar-refractivity contribution in [1.82, 2.24) is 0 Å². The second-order valence-electron chi connectivity index (χ2n) is 4.00. The Bertz CT molecular complexity index is 556. The minimum atomic E-state index is -0.900. The van der Waals surface area contributed by atoms with E-state index in [1.165, 1.54) is 11.3 Å². The van der Waals surface area contributed by atoms with Crippen LogP contribution in [0.1, 0.15) is 18.5 Å². The predicted octanol–water partition coefficient (Wildman–Crippen LogP) is 4.05. The lowest BCUT2D eigenvalue weighted by molar-refractivity contribution is -0.138. The third kappa shape index (κ3) is 2.91. The lowest BCUT2D eigenvalue weighted by atomic mass is 10.1. The van der Waals surface area contributed by atoms with Crippen LogP contribution < -0.4 is 4.90 Å². The van der Waals surface area contributed by atoms with Gasteiger partial charge in [-0.1, -0.05) is 29.8 Å². The zero-order valence-corrected chi connectivity index (χ0v) is 12.0. The molecule has 100 valence electrons. The van der Waals surface area contributed by atoms with Crippen LogP contribution in [-0.2, 0) is 4.79 Å². The molecule has 1 atom stereocenters. The van der Waals surface area contributed by atoms with Crippen molar-refractivity contribution < 1.29 is 9.90 Å². The highest BCUT2D eigenvalue weighted by Crippen LogP contribution is 2.33. The van der Waals surface area contributed by atoms with Crippen molar-refractivity contribution in [2.45, 2.75) is 13.0 Å². The second-order valence-corrected chi connectivity index (χ2v) is 5.33. The van der Waals surface area contributed by atoms with Crippen molar-refractivity contribution in [3.8, 4) is 0 Å². The van der Waals surface area contributed by atoms with Crippen LogP contribution in [0.4, 0.5) is 5.00 Å². The third-order valence-electron chi connectivity index (χ3n) is 2.88. The summed E-state index contributed by atoms with van der Waals surface area (Å²) in [6, 6.07) is 10.1.